The molecule has 0 saturated carbocycles. The van der Waals surface area contributed by atoms with Gasteiger partial charge >= 0.3 is 5.97 Å². The lowest BCUT2D eigenvalue weighted by molar-refractivity contribution is -0.132. The van der Waals surface area contributed by atoms with E-state index in [9.17, 15) is 14.4 Å². The fourth-order valence-corrected chi connectivity index (χ4v) is 3.46. The second kappa shape index (κ2) is 10.3. The van der Waals surface area contributed by atoms with Gasteiger partial charge in [0.05, 0.1) is 16.0 Å². The number of carbonyl (C=O) groups excluding carboxylic acids is 2. The molecule has 2 aromatic rings. The number of halogens is 2. The monoisotopic (exact) mass is 452 g/mol. The van der Waals surface area contributed by atoms with Crippen molar-refractivity contribution in [1.82, 2.24) is 0 Å². The maximum atomic E-state index is 12.4. The summed E-state index contributed by atoms with van der Waals surface area (Å²) in [7, 11) is 0. The molecule has 0 aromatic heterocycles. The fourth-order valence-electron chi connectivity index (χ4n) is 2.14. The van der Waals surface area contributed by atoms with Crippen LogP contribution in [0.4, 0.5) is 11.4 Å². The van der Waals surface area contributed by atoms with Crippen LogP contribution >= 0.6 is 35.0 Å². The molecule has 6 nitrogen and oxygen atoms in total. The molecule has 3 N–H and O–H groups in total. The number of hydrogen-bond donors (Lipinski definition) is 3. The minimum absolute atomic E-state index is 0.0599. The molecule has 2 rings (SSSR count). The molecule has 0 aliphatic heterocycles. The predicted octanol–water partition coefficient (Wildman–Crippen LogP) is 5.08. The highest BCUT2D eigenvalue weighted by Crippen LogP contribution is 2.28. The highest BCUT2D eigenvalue weighted by atomic mass is 35.5. The quantitative estimate of drug-likeness (QED) is 0.401. The van der Waals surface area contributed by atoms with Gasteiger partial charge in [0.15, 0.2) is 0 Å². The van der Waals surface area contributed by atoms with Gasteiger partial charge in [0.25, 0.3) is 0 Å². The zero-order valence-electron chi connectivity index (χ0n) is 15.5. The van der Waals surface area contributed by atoms with Gasteiger partial charge in [-0.25, -0.2) is 4.79 Å². The van der Waals surface area contributed by atoms with Crippen LogP contribution in [-0.2, 0) is 14.4 Å². The van der Waals surface area contributed by atoms with E-state index in [1.165, 1.54) is 18.7 Å². The Morgan fingerprint density at radius 3 is 2.31 bits per heavy atom. The zero-order valence-corrected chi connectivity index (χ0v) is 17.9. The number of rotatable bonds is 7. The number of nitrogens with one attached hydrogen (secondary N) is 2. The Morgan fingerprint density at radius 2 is 1.72 bits per heavy atom. The van der Waals surface area contributed by atoms with E-state index in [1.54, 1.807) is 49.4 Å². The van der Waals surface area contributed by atoms with Crippen molar-refractivity contribution in [3.8, 4) is 0 Å². The number of carboxylic acid groups (broad SMARTS) is 1. The molecule has 0 aliphatic rings. The van der Waals surface area contributed by atoms with Crippen LogP contribution < -0.4 is 10.6 Å². The van der Waals surface area contributed by atoms with Gasteiger partial charge in [-0.2, -0.15) is 0 Å². The van der Waals surface area contributed by atoms with Gasteiger partial charge in [0.1, 0.15) is 0 Å². The number of hydrogen-bond acceptors (Lipinski definition) is 4. The smallest absolute Gasteiger partial charge is 0.331 e. The van der Waals surface area contributed by atoms with Gasteiger partial charge in [0, 0.05) is 27.3 Å². The van der Waals surface area contributed by atoms with Crippen molar-refractivity contribution in [1.29, 1.82) is 0 Å². The molecule has 2 amide bonds. The van der Waals surface area contributed by atoms with Crippen LogP contribution in [0.5, 0.6) is 0 Å². The van der Waals surface area contributed by atoms with E-state index in [2.05, 4.69) is 10.6 Å². The first kappa shape index (κ1) is 22.8. The van der Waals surface area contributed by atoms with Gasteiger partial charge in [-0.15, -0.1) is 11.8 Å². The van der Waals surface area contributed by atoms with E-state index in [4.69, 9.17) is 28.3 Å². The third-order valence-corrected chi connectivity index (χ3v) is 5.34. The van der Waals surface area contributed by atoms with E-state index >= 15 is 0 Å². The second-order valence-electron chi connectivity index (χ2n) is 6.02. The van der Waals surface area contributed by atoms with Gasteiger partial charge in [-0.3, -0.25) is 9.59 Å². The Balaban J connectivity index is 1.94. The number of aliphatic carboxylic acids is 1. The highest BCUT2D eigenvalue weighted by Gasteiger charge is 2.16. The lowest BCUT2D eigenvalue weighted by Gasteiger charge is -2.13. The van der Waals surface area contributed by atoms with Gasteiger partial charge in [0.2, 0.25) is 11.8 Å². The maximum absolute atomic E-state index is 12.4. The summed E-state index contributed by atoms with van der Waals surface area (Å²) in [5, 5.41) is 14.6. The molecule has 0 fully saturated rings. The summed E-state index contributed by atoms with van der Waals surface area (Å²) in [5.41, 5.74) is 0.936. The summed E-state index contributed by atoms with van der Waals surface area (Å²) in [4.78, 5) is 35.7. The summed E-state index contributed by atoms with van der Waals surface area (Å²) >= 11 is 13.3. The molecule has 0 saturated heterocycles. The highest BCUT2D eigenvalue weighted by molar-refractivity contribution is 8.00. The van der Waals surface area contributed by atoms with Crippen molar-refractivity contribution >= 4 is 64.1 Å². The molecule has 0 aliphatic carbocycles. The van der Waals surface area contributed by atoms with Crippen LogP contribution in [0.2, 0.25) is 10.0 Å². The first-order valence-electron chi connectivity index (χ1n) is 8.41. The van der Waals surface area contributed by atoms with Crippen LogP contribution in [0, 0.1) is 0 Å². The largest absolute Gasteiger partial charge is 0.478 e. The van der Waals surface area contributed by atoms with E-state index in [1.807, 2.05) is 0 Å². The molecule has 29 heavy (non-hydrogen) atoms. The van der Waals surface area contributed by atoms with Crippen LogP contribution in [0.3, 0.4) is 0 Å². The lowest BCUT2D eigenvalue weighted by atomic mass is 10.2. The third kappa shape index (κ3) is 7.12. The normalized spacial score (nSPS) is 12.2. The van der Waals surface area contributed by atoms with E-state index in [-0.39, 0.29) is 11.5 Å². The summed E-state index contributed by atoms with van der Waals surface area (Å²) in [6.45, 7) is 3.10. The molecule has 9 heteroatoms. The summed E-state index contributed by atoms with van der Waals surface area (Å²) in [5.74, 6) is -1.90. The Kier molecular flexibility index (Phi) is 8.13. The zero-order chi connectivity index (χ0) is 21.6. The number of benzene rings is 2. The van der Waals surface area contributed by atoms with Crippen LogP contribution in [-0.4, -0.2) is 28.1 Å². The van der Waals surface area contributed by atoms with Gasteiger partial charge in [-0.1, -0.05) is 23.2 Å². The van der Waals surface area contributed by atoms with E-state index < -0.39 is 17.1 Å². The molecule has 152 valence electrons. The van der Waals surface area contributed by atoms with Crippen LogP contribution in [0.1, 0.15) is 13.8 Å². The summed E-state index contributed by atoms with van der Waals surface area (Å²) < 4.78 is 0. The number of carboxylic acids is 1. The minimum atomic E-state index is -1.15. The predicted molar refractivity (Wildman–Crippen MR) is 117 cm³/mol. The summed E-state index contributed by atoms with van der Waals surface area (Å²) in [6.07, 6.45) is 1.01. The Labute approximate surface area is 182 Å². The average molecular weight is 453 g/mol. The topological polar surface area (TPSA) is 95.5 Å². The van der Waals surface area contributed by atoms with Gasteiger partial charge in [-0.05, 0) is 56.3 Å². The summed E-state index contributed by atoms with van der Waals surface area (Å²) in [6, 6.07) is 11.7. The fraction of sp³-hybridized carbons (Fsp3) is 0.150. The molecule has 2 aromatic carbocycles. The van der Waals surface area contributed by atoms with Crippen molar-refractivity contribution in [2.24, 2.45) is 0 Å². The number of thioether (sulfide) groups is 1. The Morgan fingerprint density at radius 1 is 1.07 bits per heavy atom. The number of anilines is 2. The van der Waals surface area contributed by atoms with E-state index in [0.717, 1.165) is 11.0 Å². The first-order chi connectivity index (χ1) is 13.7. The molecule has 0 bridgehead atoms. The third-order valence-electron chi connectivity index (χ3n) is 3.68. The molecule has 0 spiro atoms. The number of amides is 2. The Hall–Kier alpha value is -2.48. The molecule has 0 radical (unpaired) electrons. The van der Waals surface area contributed by atoms with Gasteiger partial charge < -0.3 is 15.7 Å². The molecular formula is C20H18Cl2N2O4S. The van der Waals surface area contributed by atoms with Crippen LogP contribution in [0.25, 0.3) is 0 Å². The second-order valence-corrected chi connectivity index (χ2v) is 8.28. The van der Waals surface area contributed by atoms with Crippen LogP contribution in [0.15, 0.2) is 59.0 Å². The van der Waals surface area contributed by atoms with Crippen molar-refractivity contribution in [3.05, 3.63) is 64.2 Å². The van der Waals surface area contributed by atoms with Crippen molar-refractivity contribution in [2.75, 3.05) is 10.6 Å². The number of carbonyl (C=O) groups is 3. The van der Waals surface area contributed by atoms with Crippen molar-refractivity contribution in [3.63, 3.8) is 0 Å². The maximum Gasteiger partial charge on any atom is 0.331 e. The molecule has 1 unspecified atom stereocenters. The lowest BCUT2D eigenvalue weighted by Crippen LogP contribution is -2.22. The van der Waals surface area contributed by atoms with Crippen molar-refractivity contribution in [2.45, 2.75) is 24.0 Å². The molecule has 1 atom stereocenters. The molecular weight excluding hydrogens is 435 g/mol. The SMILES string of the molecule is C/C(=C\C(=O)Nc1ccc(SC(C)C(=O)Nc2ccc(Cl)cc2Cl)cc1)C(=O)O. The molecule has 0 heterocycles. The first-order valence-corrected chi connectivity index (χ1v) is 10.0. The van der Waals surface area contributed by atoms with Crippen molar-refractivity contribution < 1.29 is 19.5 Å². The average Bonchev–Trinajstić information content (AvgIpc) is 2.65. The Bertz CT molecular complexity index is 961. The van der Waals surface area contributed by atoms with E-state index in [0.29, 0.717) is 21.4 Å². The standard InChI is InChI=1S/C20H18Cl2N2O4S/c1-11(20(27)28)9-18(25)23-14-4-6-15(7-5-14)29-12(2)19(26)24-17-8-3-13(21)10-16(17)22/h3-10,12H,1-2H3,(H,23,25)(H,24,26)(H,27,28)/b11-9+. The minimum Gasteiger partial charge on any atom is -0.478 e.